The average molecular weight is 262 g/mol. The van der Waals surface area contributed by atoms with Crippen molar-refractivity contribution in [2.45, 2.75) is 12.5 Å². The minimum absolute atomic E-state index is 0.273. The number of aliphatic hydroxyl groups excluding tert-OH is 1. The molecule has 6 nitrogen and oxygen atoms in total. The summed E-state index contributed by atoms with van der Waals surface area (Å²) in [5, 5.41) is 28.8. The molecule has 98 valence electrons. The number of carbonyl (C=O) groups is 3. The van der Waals surface area contributed by atoms with E-state index in [9.17, 15) is 29.7 Å². The Labute approximate surface area is 107 Å². The fraction of sp³-hybridized carbons (Fsp3) is 0.154. The zero-order valence-corrected chi connectivity index (χ0v) is 9.66. The van der Waals surface area contributed by atoms with Crippen molar-refractivity contribution in [3.63, 3.8) is 0 Å². The molecule has 1 aromatic rings. The zero-order valence-electron chi connectivity index (χ0n) is 9.66. The van der Waals surface area contributed by atoms with Crippen molar-refractivity contribution in [2.24, 2.45) is 0 Å². The molecule has 1 aliphatic rings. The van der Waals surface area contributed by atoms with E-state index in [1.807, 2.05) is 0 Å². The van der Waals surface area contributed by atoms with Gasteiger partial charge < -0.3 is 20.1 Å². The van der Waals surface area contributed by atoms with Gasteiger partial charge >= 0.3 is 0 Å². The van der Waals surface area contributed by atoms with Crippen molar-refractivity contribution < 1.29 is 29.7 Å². The van der Waals surface area contributed by atoms with Crippen molar-refractivity contribution in [2.75, 3.05) is 0 Å². The second-order valence-corrected chi connectivity index (χ2v) is 4.07. The summed E-state index contributed by atoms with van der Waals surface area (Å²) in [6.07, 6.45) is -0.456. The lowest BCUT2D eigenvalue weighted by molar-refractivity contribution is -0.109. The van der Waals surface area contributed by atoms with E-state index in [1.54, 1.807) is 0 Å². The van der Waals surface area contributed by atoms with Crippen LogP contribution in [0.4, 0.5) is 0 Å². The zero-order chi connectivity index (χ0) is 14.2. The van der Waals surface area contributed by atoms with Gasteiger partial charge in [-0.1, -0.05) is 0 Å². The quantitative estimate of drug-likeness (QED) is 0.535. The van der Waals surface area contributed by atoms with Gasteiger partial charge in [-0.05, 0) is 18.2 Å². The monoisotopic (exact) mass is 262 g/mol. The van der Waals surface area contributed by atoms with E-state index >= 15 is 0 Å². The topological polar surface area (TPSA) is 112 Å². The third kappa shape index (κ3) is 2.02. The smallest absolute Gasteiger partial charge is 0.196 e. The Balaban J connectivity index is 2.59. The number of benzene rings is 1. The fourth-order valence-electron chi connectivity index (χ4n) is 1.95. The predicted octanol–water partition coefficient (Wildman–Crippen LogP) is 0.353. The van der Waals surface area contributed by atoms with Crippen molar-refractivity contribution in [1.82, 2.24) is 0 Å². The highest BCUT2D eigenvalue weighted by molar-refractivity contribution is 6.27. The lowest BCUT2D eigenvalue weighted by Crippen LogP contribution is -2.25. The molecule has 1 unspecified atom stereocenters. The van der Waals surface area contributed by atoms with E-state index in [1.165, 1.54) is 0 Å². The number of aliphatic hydroxyl groups is 1. The highest BCUT2D eigenvalue weighted by Gasteiger charge is 2.33. The molecule has 0 aromatic heterocycles. The van der Waals surface area contributed by atoms with E-state index in [4.69, 9.17) is 0 Å². The molecule has 0 spiro atoms. The summed E-state index contributed by atoms with van der Waals surface area (Å²) >= 11 is 0. The fourth-order valence-corrected chi connectivity index (χ4v) is 1.95. The molecule has 0 aliphatic heterocycles. The van der Waals surface area contributed by atoms with E-state index in [0.717, 1.165) is 18.2 Å². The van der Waals surface area contributed by atoms with Crippen molar-refractivity contribution in [3.05, 3.63) is 34.9 Å². The summed E-state index contributed by atoms with van der Waals surface area (Å²) in [5.74, 6) is -2.37. The summed E-state index contributed by atoms with van der Waals surface area (Å²) in [7, 11) is 0. The van der Waals surface area contributed by atoms with Gasteiger partial charge in [0.25, 0.3) is 0 Å². The lowest BCUT2D eigenvalue weighted by Gasteiger charge is -2.19. The first-order chi connectivity index (χ1) is 8.97. The largest absolute Gasteiger partial charge is 0.507 e. The second-order valence-electron chi connectivity index (χ2n) is 4.07. The Morgan fingerprint density at radius 2 is 1.68 bits per heavy atom. The van der Waals surface area contributed by atoms with Crippen molar-refractivity contribution in [3.8, 4) is 11.5 Å². The first-order valence-corrected chi connectivity index (χ1v) is 5.44. The molecule has 1 aliphatic carbocycles. The number of aldehydes is 1. The van der Waals surface area contributed by atoms with Gasteiger partial charge in [0.05, 0.1) is 17.2 Å². The van der Waals surface area contributed by atoms with Crippen molar-refractivity contribution >= 4 is 17.9 Å². The minimum Gasteiger partial charge on any atom is -0.507 e. The van der Waals surface area contributed by atoms with Crippen LogP contribution in [0.25, 0.3) is 0 Å². The van der Waals surface area contributed by atoms with Crippen LogP contribution in [0.2, 0.25) is 0 Å². The van der Waals surface area contributed by atoms with Crippen LogP contribution >= 0.6 is 0 Å². The molecule has 0 radical (unpaired) electrons. The maximum absolute atomic E-state index is 12.1. The van der Waals surface area contributed by atoms with Crippen LogP contribution in [0.1, 0.15) is 27.1 Å². The predicted molar refractivity (Wildman–Crippen MR) is 63.2 cm³/mol. The first kappa shape index (κ1) is 13.0. The number of fused-ring (bicyclic) bond motifs is 1. The summed E-state index contributed by atoms with van der Waals surface area (Å²) in [6.45, 7) is 0. The van der Waals surface area contributed by atoms with Gasteiger partial charge in [0.15, 0.2) is 11.6 Å². The number of phenols is 2. The molecule has 0 bridgehead atoms. The van der Waals surface area contributed by atoms with E-state index in [2.05, 4.69) is 0 Å². The summed E-state index contributed by atoms with van der Waals surface area (Å²) < 4.78 is 0. The number of phenolic OH excluding ortho intramolecular Hbond substituents is 2. The van der Waals surface area contributed by atoms with Crippen LogP contribution in [0.3, 0.4) is 0 Å². The Morgan fingerprint density at radius 3 is 2.26 bits per heavy atom. The maximum atomic E-state index is 12.1. The molecule has 6 heteroatoms. The Hall–Kier alpha value is -2.47. The van der Waals surface area contributed by atoms with E-state index in [0.29, 0.717) is 6.29 Å². The molecule has 1 aromatic carbocycles. The number of ketones is 2. The Morgan fingerprint density at radius 1 is 1.11 bits per heavy atom. The number of Topliss-reactive ketones (excluding diaryl/α,β-unsaturated/α-hetero) is 1. The molecular weight excluding hydrogens is 252 g/mol. The lowest BCUT2D eigenvalue weighted by atomic mass is 9.85. The molecule has 2 rings (SSSR count). The number of rotatable bonds is 3. The number of aromatic hydroxyl groups is 2. The van der Waals surface area contributed by atoms with E-state index in [-0.39, 0.29) is 23.1 Å². The van der Waals surface area contributed by atoms with Gasteiger partial charge in [-0.2, -0.15) is 0 Å². The van der Waals surface area contributed by atoms with Crippen molar-refractivity contribution in [1.29, 1.82) is 0 Å². The normalized spacial score (nSPS) is 15.7. The van der Waals surface area contributed by atoms with Crippen LogP contribution < -0.4 is 0 Å². The molecule has 19 heavy (non-hydrogen) atoms. The number of hydrogen-bond acceptors (Lipinski definition) is 6. The number of allylic oxidation sites excluding steroid dienone is 1. The third-order valence-corrected chi connectivity index (χ3v) is 2.86. The molecular formula is C13H10O6. The molecule has 3 N–H and O–H groups in total. The molecule has 0 heterocycles. The number of carbonyl (C=O) groups excluding carboxylic acids is 3. The van der Waals surface area contributed by atoms with Crippen LogP contribution in [0, 0.1) is 0 Å². The van der Waals surface area contributed by atoms with Gasteiger partial charge in [-0.25, -0.2) is 0 Å². The molecule has 0 saturated heterocycles. The van der Waals surface area contributed by atoms with Crippen LogP contribution in [0.15, 0.2) is 23.8 Å². The molecule has 0 saturated carbocycles. The third-order valence-electron chi connectivity index (χ3n) is 2.86. The summed E-state index contributed by atoms with van der Waals surface area (Å²) in [4.78, 5) is 34.2. The maximum Gasteiger partial charge on any atom is 0.196 e. The van der Waals surface area contributed by atoms with Gasteiger partial charge in [0.2, 0.25) is 0 Å². The van der Waals surface area contributed by atoms with Gasteiger partial charge in [-0.3, -0.25) is 9.59 Å². The van der Waals surface area contributed by atoms with Crippen LogP contribution in [0.5, 0.6) is 11.5 Å². The SMILES string of the molecule is O=CCC(O)C1=CC(=O)c2c(O)ccc(O)c2C1=O. The van der Waals surface area contributed by atoms with Crippen LogP contribution in [-0.2, 0) is 4.79 Å². The van der Waals surface area contributed by atoms with Gasteiger partial charge in [0.1, 0.15) is 17.8 Å². The second kappa shape index (κ2) is 4.66. The Bertz CT molecular complexity index is 614. The van der Waals surface area contributed by atoms with Gasteiger partial charge in [-0.15, -0.1) is 0 Å². The summed E-state index contributed by atoms with van der Waals surface area (Å²) in [6, 6.07) is 2.18. The Kier molecular flexibility index (Phi) is 3.18. The highest BCUT2D eigenvalue weighted by atomic mass is 16.3. The first-order valence-electron chi connectivity index (χ1n) is 5.44. The minimum atomic E-state index is -1.41. The highest BCUT2D eigenvalue weighted by Crippen LogP contribution is 2.35. The van der Waals surface area contributed by atoms with Gasteiger partial charge in [0, 0.05) is 12.0 Å². The summed E-state index contributed by atoms with van der Waals surface area (Å²) in [5.41, 5.74) is -0.926. The average Bonchev–Trinajstić information content (AvgIpc) is 2.36. The molecule has 0 fully saturated rings. The van der Waals surface area contributed by atoms with Crippen LogP contribution in [-0.4, -0.2) is 39.3 Å². The van der Waals surface area contributed by atoms with E-state index < -0.39 is 29.2 Å². The standard InChI is InChI=1S/C13H10O6/c14-4-3-7(15)6-5-10(18)11-8(16)1-2-9(17)12(11)13(6)19/h1-2,4-5,7,15-17H,3H2. The number of hydrogen-bond donors (Lipinski definition) is 3. The molecule has 0 amide bonds. The molecule has 1 atom stereocenters.